The van der Waals surface area contributed by atoms with Crippen LogP contribution in [0.5, 0.6) is 0 Å². The first kappa shape index (κ1) is 22.7. The van der Waals surface area contributed by atoms with Gasteiger partial charge in [-0.2, -0.15) is 0 Å². The zero-order valence-corrected chi connectivity index (χ0v) is 20.0. The minimum Gasteiger partial charge on any atom is -0.452 e. The molecule has 4 rings (SSSR count). The summed E-state index contributed by atoms with van der Waals surface area (Å²) in [5, 5.41) is 10.9. The highest BCUT2D eigenvalue weighted by molar-refractivity contribution is 7.12. The van der Waals surface area contributed by atoms with Crippen molar-refractivity contribution in [2.45, 2.75) is 47.0 Å². The average molecular weight is 469 g/mol. The smallest absolute Gasteiger partial charge is 0.339 e. The Morgan fingerprint density at radius 1 is 1.09 bits per heavy atom. The number of hydrogen-bond donors (Lipinski definition) is 1. The number of hydrogen-bond acceptors (Lipinski definition) is 9. The van der Waals surface area contributed by atoms with Gasteiger partial charge in [0, 0.05) is 26.8 Å². The maximum Gasteiger partial charge on any atom is 0.339 e. The fraction of sp³-hybridized carbons (Fsp3) is 0.348. The number of aromatic nitrogens is 3. The zero-order valence-electron chi connectivity index (χ0n) is 19.2. The highest BCUT2D eigenvalue weighted by atomic mass is 32.1. The highest BCUT2D eigenvalue weighted by Crippen LogP contribution is 2.33. The van der Waals surface area contributed by atoms with Crippen LogP contribution < -0.4 is 5.32 Å². The first-order valence-electron chi connectivity index (χ1n) is 10.3. The molecule has 4 aromatic rings. The second kappa shape index (κ2) is 8.43. The van der Waals surface area contributed by atoms with Crippen molar-refractivity contribution in [3.63, 3.8) is 0 Å². The standard InChI is InChI=1S/C23H24N4O5S/c1-11-7-14(13(3)33-11)16-8-15(20-12(2)26-32-21(20)24-16)22(29)30-10-18(28)25-19-9-17(27-31-19)23(4,5)6/h7-9H,10H2,1-6H3,(H,25,28). The van der Waals surface area contributed by atoms with Crippen LogP contribution in [0.4, 0.5) is 5.88 Å². The fourth-order valence-electron chi connectivity index (χ4n) is 3.35. The van der Waals surface area contributed by atoms with Gasteiger partial charge in [-0.25, -0.2) is 9.78 Å². The summed E-state index contributed by atoms with van der Waals surface area (Å²) in [7, 11) is 0. The Labute approximate surface area is 194 Å². The Hall–Kier alpha value is -3.53. The Kier molecular flexibility index (Phi) is 5.79. The second-order valence-electron chi connectivity index (χ2n) is 8.78. The van der Waals surface area contributed by atoms with E-state index in [9.17, 15) is 9.59 Å². The molecule has 0 fully saturated rings. The Balaban J connectivity index is 1.54. The number of rotatable bonds is 5. The summed E-state index contributed by atoms with van der Waals surface area (Å²) in [6.45, 7) is 11.2. The number of thiophene rings is 1. The van der Waals surface area contributed by atoms with Crippen molar-refractivity contribution in [3.05, 3.63) is 44.9 Å². The van der Waals surface area contributed by atoms with E-state index in [4.69, 9.17) is 13.8 Å². The van der Waals surface area contributed by atoms with Crippen LogP contribution in [-0.4, -0.2) is 33.8 Å². The first-order valence-corrected chi connectivity index (χ1v) is 11.1. The molecule has 33 heavy (non-hydrogen) atoms. The van der Waals surface area contributed by atoms with E-state index in [0.717, 1.165) is 15.3 Å². The molecule has 0 aliphatic heterocycles. The molecule has 1 N–H and O–H groups in total. The van der Waals surface area contributed by atoms with Gasteiger partial charge in [0.25, 0.3) is 11.6 Å². The lowest BCUT2D eigenvalue weighted by atomic mass is 9.92. The van der Waals surface area contributed by atoms with E-state index >= 15 is 0 Å². The third-order valence-electron chi connectivity index (χ3n) is 5.03. The SMILES string of the molecule is Cc1cc(-c2cc(C(=O)OCC(=O)Nc3cc(C(C)(C)C)no3)c3c(C)noc3n2)c(C)s1. The van der Waals surface area contributed by atoms with Crippen molar-refractivity contribution in [2.75, 3.05) is 11.9 Å². The Bertz CT molecular complexity index is 1360. The third kappa shape index (κ3) is 4.65. The van der Waals surface area contributed by atoms with Crippen molar-refractivity contribution < 1.29 is 23.4 Å². The lowest BCUT2D eigenvalue weighted by Gasteiger charge is -2.12. The van der Waals surface area contributed by atoms with Crippen LogP contribution in [0, 0.1) is 20.8 Å². The van der Waals surface area contributed by atoms with Crippen molar-refractivity contribution in [2.24, 2.45) is 0 Å². The number of carbonyl (C=O) groups excluding carboxylic acids is 2. The molecular formula is C23H24N4O5S. The zero-order chi connectivity index (χ0) is 23.9. The molecule has 0 spiro atoms. The number of aryl methyl sites for hydroxylation is 3. The van der Waals surface area contributed by atoms with Gasteiger partial charge in [-0.3, -0.25) is 10.1 Å². The van der Waals surface area contributed by atoms with Gasteiger partial charge in [0.1, 0.15) is 0 Å². The van der Waals surface area contributed by atoms with Crippen LogP contribution in [-0.2, 0) is 14.9 Å². The van der Waals surface area contributed by atoms with Gasteiger partial charge in [0.15, 0.2) is 6.61 Å². The molecule has 10 heteroatoms. The molecule has 0 atom stereocenters. The quantitative estimate of drug-likeness (QED) is 0.408. The Morgan fingerprint density at radius 2 is 1.85 bits per heavy atom. The summed E-state index contributed by atoms with van der Waals surface area (Å²) >= 11 is 1.64. The van der Waals surface area contributed by atoms with E-state index in [1.807, 2.05) is 40.7 Å². The maximum absolute atomic E-state index is 12.9. The van der Waals surface area contributed by atoms with Crippen molar-refractivity contribution in [3.8, 4) is 11.3 Å². The summed E-state index contributed by atoms with van der Waals surface area (Å²) in [4.78, 5) is 32.0. The van der Waals surface area contributed by atoms with Crippen LogP contribution in [0.2, 0.25) is 0 Å². The minimum absolute atomic E-state index is 0.188. The van der Waals surface area contributed by atoms with E-state index in [1.165, 1.54) is 0 Å². The molecule has 0 bridgehead atoms. The lowest BCUT2D eigenvalue weighted by Crippen LogP contribution is -2.21. The summed E-state index contributed by atoms with van der Waals surface area (Å²) in [5.41, 5.74) is 2.94. The molecule has 0 aliphatic carbocycles. The molecule has 0 aliphatic rings. The van der Waals surface area contributed by atoms with Crippen molar-refractivity contribution in [1.29, 1.82) is 0 Å². The Morgan fingerprint density at radius 3 is 2.48 bits per heavy atom. The molecule has 172 valence electrons. The van der Waals surface area contributed by atoms with Gasteiger partial charge in [0.2, 0.25) is 5.88 Å². The minimum atomic E-state index is -0.678. The predicted molar refractivity (Wildman–Crippen MR) is 123 cm³/mol. The van der Waals surface area contributed by atoms with Gasteiger partial charge >= 0.3 is 5.97 Å². The lowest BCUT2D eigenvalue weighted by molar-refractivity contribution is -0.119. The van der Waals surface area contributed by atoms with E-state index < -0.39 is 18.5 Å². The van der Waals surface area contributed by atoms with E-state index in [2.05, 4.69) is 20.6 Å². The molecular weight excluding hydrogens is 444 g/mol. The maximum atomic E-state index is 12.9. The molecule has 4 heterocycles. The number of anilines is 1. The molecule has 4 aromatic heterocycles. The van der Waals surface area contributed by atoms with Gasteiger partial charge in [-0.15, -0.1) is 11.3 Å². The topological polar surface area (TPSA) is 120 Å². The molecule has 0 saturated carbocycles. The first-order chi connectivity index (χ1) is 15.5. The van der Waals surface area contributed by atoms with Gasteiger partial charge in [-0.1, -0.05) is 31.1 Å². The normalized spacial score (nSPS) is 11.7. The number of nitrogens with one attached hydrogen (secondary N) is 1. The molecule has 9 nitrogen and oxygen atoms in total. The van der Waals surface area contributed by atoms with Gasteiger partial charge in [-0.05, 0) is 32.9 Å². The van der Waals surface area contributed by atoms with Crippen LogP contribution in [0.1, 0.15) is 52.3 Å². The van der Waals surface area contributed by atoms with Crippen LogP contribution in [0.15, 0.2) is 27.2 Å². The summed E-state index contributed by atoms with van der Waals surface area (Å²) < 4.78 is 15.7. The summed E-state index contributed by atoms with van der Waals surface area (Å²) in [6.07, 6.45) is 0. The van der Waals surface area contributed by atoms with Crippen LogP contribution in [0.25, 0.3) is 22.4 Å². The van der Waals surface area contributed by atoms with E-state index in [0.29, 0.717) is 22.5 Å². The summed E-state index contributed by atoms with van der Waals surface area (Å²) in [6, 6.07) is 5.29. The van der Waals surface area contributed by atoms with Crippen LogP contribution >= 0.6 is 11.3 Å². The number of carbonyl (C=O) groups is 2. The van der Waals surface area contributed by atoms with Gasteiger partial charge in [0.05, 0.1) is 28.0 Å². The molecule has 1 amide bonds. The number of amides is 1. The third-order valence-corrected chi connectivity index (χ3v) is 6.00. The molecule has 0 radical (unpaired) electrons. The van der Waals surface area contributed by atoms with E-state index in [-0.39, 0.29) is 22.6 Å². The average Bonchev–Trinajstić information content (AvgIpc) is 3.44. The largest absolute Gasteiger partial charge is 0.452 e. The highest BCUT2D eigenvalue weighted by Gasteiger charge is 2.23. The van der Waals surface area contributed by atoms with Crippen molar-refractivity contribution in [1.82, 2.24) is 15.3 Å². The summed E-state index contributed by atoms with van der Waals surface area (Å²) in [5.74, 6) is -1.03. The molecule has 0 aromatic carbocycles. The number of esters is 1. The number of pyridine rings is 1. The fourth-order valence-corrected chi connectivity index (χ4v) is 4.28. The predicted octanol–water partition coefficient (Wildman–Crippen LogP) is 4.96. The monoisotopic (exact) mass is 468 g/mol. The molecule has 0 saturated heterocycles. The number of fused-ring (bicyclic) bond motifs is 1. The number of ether oxygens (including phenoxy) is 1. The van der Waals surface area contributed by atoms with Crippen molar-refractivity contribution >= 4 is 40.2 Å². The second-order valence-corrected chi connectivity index (χ2v) is 10.2. The van der Waals surface area contributed by atoms with E-state index in [1.54, 1.807) is 30.4 Å². The van der Waals surface area contributed by atoms with Gasteiger partial charge < -0.3 is 13.8 Å². The van der Waals surface area contributed by atoms with Crippen LogP contribution in [0.3, 0.4) is 0 Å². The molecule has 0 unspecified atom stereocenters. The number of nitrogens with zero attached hydrogens (tertiary/aromatic N) is 3.